The minimum absolute atomic E-state index is 0.0688. The zero-order valence-corrected chi connectivity index (χ0v) is 8.55. The fraction of sp³-hybridized carbons (Fsp3) is 0. The number of nitrogen functional groups attached to an aromatic ring is 1. The van der Waals surface area contributed by atoms with E-state index in [0.717, 1.165) is 12.1 Å². The van der Waals surface area contributed by atoms with Gasteiger partial charge in [-0.3, -0.25) is 4.98 Å². The summed E-state index contributed by atoms with van der Waals surface area (Å²) in [4.78, 5) is 3.76. The van der Waals surface area contributed by atoms with Crippen LogP contribution in [0.4, 0.5) is 30.2 Å². The van der Waals surface area contributed by atoms with Gasteiger partial charge < -0.3 is 11.1 Å². The SMILES string of the molecule is Nc1cnccc1Nc1cc(F)c(F)c(F)c1. The lowest BCUT2D eigenvalue weighted by molar-refractivity contribution is 0.448. The number of pyridine rings is 1. The molecule has 17 heavy (non-hydrogen) atoms. The van der Waals surface area contributed by atoms with Gasteiger partial charge in [-0.25, -0.2) is 13.2 Å². The molecule has 2 aromatic rings. The van der Waals surface area contributed by atoms with Crippen LogP contribution >= 0.6 is 0 Å². The maximum atomic E-state index is 12.9. The highest BCUT2D eigenvalue weighted by molar-refractivity contribution is 5.71. The standard InChI is InChI=1S/C11H8F3N3/c12-7-3-6(4-8(13)11(7)14)17-10-1-2-16-5-9(10)15/h1-5H,15H2,(H,16,17). The second-order valence-electron chi connectivity index (χ2n) is 3.34. The molecule has 0 aliphatic heterocycles. The van der Waals surface area contributed by atoms with E-state index < -0.39 is 17.5 Å². The van der Waals surface area contributed by atoms with Crippen LogP contribution in [0.2, 0.25) is 0 Å². The van der Waals surface area contributed by atoms with Crippen LogP contribution in [-0.2, 0) is 0 Å². The molecular weight excluding hydrogens is 231 g/mol. The van der Waals surface area contributed by atoms with Crippen LogP contribution in [0.15, 0.2) is 30.6 Å². The molecule has 0 bridgehead atoms. The van der Waals surface area contributed by atoms with Crippen molar-refractivity contribution in [2.24, 2.45) is 0 Å². The fourth-order valence-electron chi connectivity index (χ4n) is 1.30. The monoisotopic (exact) mass is 239 g/mol. The molecule has 0 fully saturated rings. The zero-order valence-electron chi connectivity index (χ0n) is 8.55. The Balaban J connectivity index is 2.34. The van der Waals surface area contributed by atoms with E-state index >= 15 is 0 Å². The van der Waals surface area contributed by atoms with Crippen molar-refractivity contribution >= 4 is 17.1 Å². The number of hydrogen-bond acceptors (Lipinski definition) is 3. The summed E-state index contributed by atoms with van der Waals surface area (Å²) < 4.78 is 38.6. The molecule has 88 valence electrons. The highest BCUT2D eigenvalue weighted by Crippen LogP contribution is 2.24. The third-order valence-electron chi connectivity index (χ3n) is 2.11. The average molecular weight is 239 g/mol. The Morgan fingerprint density at radius 3 is 2.35 bits per heavy atom. The van der Waals surface area contributed by atoms with E-state index in [9.17, 15) is 13.2 Å². The second-order valence-corrected chi connectivity index (χ2v) is 3.34. The van der Waals surface area contributed by atoms with Gasteiger partial charge in [0.15, 0.2) is 17.5 Å². The maximum Gasteiger partial charge on any atom is 0.194 e. The number of anilines is 3. The van der Waals surface area contributed by atoms with Crippen molar-refractivity contribution in [2.45, 2.75) is 0 Å². The van der Waals surface area contributed by atoms with Gasteiger partial charge in [-0.15, -0.1) is 0 Å². The molecular formula is C11H8F3N3. The third kappa shape index (κ3) is 2.30. The molecule has 0 amide bonds. The van der Waals surface area contributed by atoms with Gasteiger partial charge in [0.25, 0.3) is 0 Å². The van der Waals surface area contributed by atoms with Crippen molar-refractivity contribution < 1.29 is 13.2 Å². The predicted molar refractivity (Wildman–Crippen MR) is 58.2 cm³/mol. The zero-order chi connectivity index (χ0) is 12.4. The van der Waals surface area contributed by atoms with Crippen molar-refractivity contribution in [3.63, 3.8) is 0 Å². The van der Waals surface area contributed by atoms with E-state index in [1.807, 2.05) is 0 Å². The minimum Gasteiger partial charge on any atom is -0.396 e. The van der Waals surface area contributed by atoms with Crippen LogP contribution in [0.1, 0.15) is 0 Å². The van der Waals surface area contributed by atoms with Crippen LogP contribution in [0.25, 0.3) is 0 Å². The van der Waals surface area contributed by atoms with Gasteiger partial charge in [-0.2, -0.15) is 0 Å². The number of nitrogens with one attached hydrogen (secondary N) is 1. The van der Waals surface area contributed by atoms with E-state index in [2.05, 4.69) is 10.3 Å². The lowest BCUT2D eigenvalue weighted by atomic mass is 10.2. The highest BCUT2D eigenvalue weighted by atomic mass is 19.2. The van der Waals surface area contributed by atoms with Crippen molar-refractivity contribution in [1.29, 1.82) is 0 Å². The molecule has 6 heteroatoms. The molecule has 0 unspecified atom stereocenters. The number of benzene rings is 1. The highest BCUT2D eigenvalue weighted by Gasteiger charge is 2.11. The summed E-state index contributed by atoms with van der Waals surface area (Å²) in [5.41, 5.74) is 6.41. The maximum absolute atomic E-state index is 12.9. The molecule has 1 heterocycles. The normalized spacial score (nSPS) is 10.3. The van der Waals surface area contributed by atoms with Crippen LogP contribution in [0.3, 0.4) is 0 Å². The number of aromatic nitrogens is 1. The van der Waals surface area contributed by atoms with Crippen LogP contribution in [-0.4, -0.2) is 4.98 Å². The minimum atomic E-state index is -1.50. The molecule has 1 aromatic heterocycles. The van der Waals surface area contributed by atoms with Crippen LogP contribution < -0.4 is 11.1 Å². The van der Waals surface area contributed by atoms with Gasteiger partial charge in [0.05, 0.1) is 17.6 Å². The van der Waals surface area contributed by atoms with Crippen molar-refractivity contribution in [1.82, 2.24) is 4.98 Å². The third-order valence-corrected chi connectivity index (χ3v) is 2.11. The molecule has 3 nitrogen and oxygen atoms in total. The summed E-state index contributed by atoms with van der Waals surface area (Å²) in [6, 6.07) is 3.23. The van der Waals surface area contributed by atoms with E-state index in [-0.39, 0.29) is 5.69 Å². The first-order chi connectivity index (χ1) is 8.08. The van der Waals surface area contributed by atoms with Gasteiger partial charge in [-0.05, 0) is 6.07 Å². The topological polar surface area (TPSA) is 50.9 Å². The molecule has 3 N–H and O–H groups in total. The van der Waals surface area contributed by atoms with E-state index in [0.29, 0.717) is 11.4 Å². The van der Waals surface area contributed by atoms with Gasteiger partial charge in [0.2, 0.25) is 0 Å². The van der Waals surface area contributed by atoms with Gasteiger partial charge in [0, 0.05) is 24.0 Å². The smallest absolute Gasteiger partial charge is 0.194 e. The van der Waals surface area contributed by atoms with Crippen molar-refractivity contribution in [2.75, 3.05) is 11.1 Å². The van der Waals surface area contributed by atoms with E-state index in [1.54, 1.807) is 0 Å². The number of rotatable bonds is 2. The Morgan fingerprint density at radius 1 is 1.12 bits per heavy atom. The summed E-state index contributed by atoms with van der Waals surface area (Å²) in [7, 11) is 0. The Morgan fingerprint density at radius 2 is 1.76 bits per heavy atom. The molecule has 0 atom stereocenters. The van der Waals surface area contributed by atoms with E-state index in [4.69, 9.17) is 5.73 Å². The molecule has 2 rings (SSSR count). The Kier molecular flexibility index (Phi) is 2.86. The second kappa shape index (κ2) is 4.32. The molecule has 0 aliphatic rings. The molecule has 0 saturated carbocycles. The van der Waals surface area contributed by atoms with Crippen molar-refractivity contribution in [3.8, 4) is 0 Å². The Hall–Kier alpha value is -2.24. The molecule has 0 aliphatic carbocycles. The lowest BCUT2D eigenvalue weighted by Gasteiger charge is -2.09. The summed E-state index contributed by atoms with van der Waals surface area (Å²) in [5, 5.41) is 2.67. The molecule has 1 aromatic carbocycles. The molecule has 0 radical (unpaired) electrons. The molecule has 0 saturated heterocycles. The number of nitrogens with two attached hydrogens (primary N) is 1. The predicted octanol–water partition coefficient (Wildman–Crippen LogP) is 2.82. The first kappa shape index (κ1) is 11.3. The largest absolute Gasteiger partial charge is 0.396 e. The summed E-state index contributed by atoms with van der Waals surface area (Å²) >= 11 is 0. The number of hydrogen-bond donors (Lipinski definition) is 2. The van der Waals surface area contributed by atoms with Crippen LogP contribution in [0.5, 0.6) is 0 Å². The Bertz CT molecular complexity index is 534. The quantitative estimate of drug-likeness (QED) is 0.792. The number of nitrogens with zero attached hydrogens (tertiary/aromatic N) is 1. The van der Waals surface area contributed by atoms with Crippen LogP contribution in [0, 0.1) is 17.5 Å². The number of halogens is 3. The van der Waals surface area contributed by atoms with Gasteiger partial charge >= 0.3 is 0 Å². The van der Waals surface area contributed by atoms with E-state index in [1.165, 1.54) is 18.5 Å². The molecule has 0 spiro atoms. The first-order valence-corrected chi connectivity index (χ1v) is 4.69. The summed E-state index contributed by atoms with van der Waals surface area (Å²) in [6.07, 6.45) is 2.85. The summed E-state index contributed by atoms with van der Waals surface area (Å²) in [6.45, 7) is 0. The average Bonchev–Trinajstić information content (AvgIpc) is 2.29. The summed E-state index contributed by atoms with van der Waals surface area (Å²) in [5.74, 6) is -4.03. The van der Waals surface area contributed by atoms with Gasteiger partial charge in [0.1, 0.15) is 0 Å². The fourth-order valence-corrected chi connectivity index (χ4v) is 1.30. The van der Waals surface area contributed by atoms with Gasteiger partial charge in [-0.1, -0.05) is 0 Å². The lowest BCUT2D eigenvalue weighted by Crippen LogP contribution is -1.99. The van der Waals surface area contributed by atoms with Crippen molar-refractivity contribution in [3.05, 3.63) is 48.0 Å². The Labute approximate surface area is 95.1 Å². The first-order valence-electron chi connectivity index (χ1n) is 4.69.